The van der Waals surface area contributed by atoms with Crippen LogP contribution in [0.15, 0.2) is 0 Å². The molecule has 1 aliphatic heterocycles. The quantitative estimate of drug-likeness (QED) is 0.731. The van der Waals surface area contributed by atoms with Crippen molar-refractivity contribution in [2.75, 3.05) is 20.3 Å². The summed E-state index contributed by atoms with van der Waals surface area (Å²) in [5.41, 5.74) is -0.430. The largest absolute Gasteiger partial charge is 0.468 e. The molecule has 92 valence electrons. The second kappa shape index (κ2) is 4.72. The molecule has 2 fully saturated rings. The molecule has 2 rings (SSSR count). The summed E-state index contributed by atoms with van der Waals surface area (Å²) in [5.74, 6) is 0.486. The third kappa shape index (κ3) is 2.23. The second-order valence-corrected chi connectivity index (χ2v) is 5.10. The van der Waals surface area contributed by atoms with Gasteiger partial charge in [0.05, 0.1) is 13.2 Å². The molecule has 4 nitrogen and oxygen atoms in total. The minimum Gasteiger partial charge on any atom is -0.468 e. The molecule has 0 spiro atoms. The van der Waals surface area contributed by atoms with Crippen molar-refractivity contribution in [3.05, 3.63) is 0 Å². The minimum absolute atomic E-state index is 0.122. The summed E-state index contributed by atoms with van der Waals surface area (Å²) in [6.07, 6.45) is 4.27. The molecule has 1 aliphatic carbocycles. The fraction of sp³-hybridized carbons (Fsp3) is 0.917. The van der Waals surface area contributed by atoms with Crippen LogP contribution in [0.5, 0.6) is 0 Å². The maximum Gasteiger partial charge on any atom is 0.326 e. The molecule has 0 bridgehead atoms. The van der Waals surface area contributed by atoms with Gasteiger partial charge in [0.15, 0.2) is 0 Å². The smallest absolute Gasteiger partial charge is 0.326 e. The van der Waals surface area contributed by atoms with Crippen LogP contribution in [0, 0.1) is 5.92 Å². The molecular weight excluding hydrogens is 206 g/mol. The molecule has 0 radical (unpaired) electrons. The zero-order valence-corrected chi connectivity index (χ0v) is 10.1. The molecule has 1 atom stereocenters. The molecular formula is C12H21NO3. The summed E-state index contributed by atoms with van der Waals surface area (Å²) in [6.45, 7) is 3.78. The first-order valence-corrected chi connectivity index (χ1v) is 6.11. The van der Waals surface area contributed by atoms with Gasteiger partial charge in [0.1, 0.15) is 5.54 Å². The number of hydrogen-bond acceptors (Lipinski definition) is 4. The molecule has 0 amide bonds. The van der Waals surface area contributed by atoms with Crippen molar-refractivity contribution >= 4 is 5.97 Å². The van der Waals surface area contributed by atoms with Gasteiger partial charge in [-0.1, -0.05) is 6.92 Å². The van der Waals surface area contributed by atoms with E-state index in [9.17, 15) is 4.79 Å². The van der Waals surface area contributed by atoms with Crippen molar-refractivity contribution in [2.45, 2.75) is 44.2 Å². The zero-order chi connectivity index (χ0) is 11.6. The Morgan fingerprint density at radius 1 is 1.56 bits per heavy atom. The Hall–Kier alpha value is -0.610. The highest BCUT2D eigenvalue weighted by Gasteiger charge is 2.49. The lowest BCUT2D eigenvalue weighted by atomic mass is 9.69. The highest BCUT2D eigenvalue weighted by Crippen LogP contribution is 2.38. The third-order valence-corrected chi connectivity index (χ3v) is 3.66. The Balaban J connectivity index is 1.85. The lowest BCUT2D eigenvalue weighted by Gasteiger charge is -2.44. The van der Waals surface area contributed by atoms with Crippen LogP contribution in [0.3, 0.4) is 0 Å². The number of rotatable bonds is 4. The lowest BCUT2D eigenvalue weighted by Crippen LogP contribution is -2.62. The van der Waals surface area contributed by atoms with Crippen LogP contribution in [0.25, 0.3) is 0 Å². The fourth-order valence-electron chi connectivity index (χ4n) is 2.82. The lowest BCUT2D eigenvalue weighted by molar-refractivity contribution is -0.155. The number of nitrogens with one attached hydrogen (secondary N) is 1. The van der Waals surface area contributed by atoms with Crippen molar-refractivity contribution < 1.29 is 14.3 Å². The van der Waals surface area contributed by atoms with Gasteiger partial charge < -0.3 is 9.47 Å². The number of methoxy groups -OCH3 is 1. The normalized spacial score (nSPS) is 38.1. The van der Waals surface area contributed by atoms with E-state index in [1.807, 2.05) is 0 Å². The van der Waals surface area contributed by atoms with Gasteiger partial charge in [-0.15, -0.1) is 0 Å². The highest BCUT2D eigenvalue weighted by atomic mass is 16.5. The second-order valence-electron chi connectivity index (χ2n) is 5.10. The fourth-order valence-corrected chi connectivity index (χ4v) is 2.82. The first-order valence-electron chi connectivity index (χ1n) is 6.11. The van der Waals surface area contributed by atoms with E-state index in [0.29, 0.717) is 5.92 Å². The number of hydrogen-bond donors (Lipinski definition) is 1. The monoisotopic (exact) mass is 227 g/mol. The Kier molecular flexibility index (Phi) is 3.50. The molecule has 0 aromatic rings. The van der Waals surface area contributed by atoms with E-state index in [2.05, 4.69) is 12.2 Å². The average molecular weight is 227 g/mol. The van der Waals surface area contributed by atoms with E-state index in [-0.39, 0.29) is 12.1 Å². The zero-order valence-electron chi connectivity index (χ0n) is 10.1. The molecule has 16 heavy (non-hydrogen) atoms. The van der Waals surface area contributed by atoms with E-state index in [1.165, 1.54) is 7.11 Å². The molecule has 1 unspecified atom stereocenters. The Labute approximate surface area is 96.7 Å². The van der Waals surface area contributed by atoms with Crippen molar-refractivity contribution in [3.8, 4) is 0 Å². The summed E-state index contributed by atoms with van der Waals surface area (Å²) in [6, 6.07) is 0. The number of esters is 1. The summed E-state index contributed by atoms with van der Waals surface area (Å²) in [5, 5.41) is 3.36. The van der Waals surface area contributed by atoms with Gasteiger partial charge in [-0.25, -0.2) is 0 Å². The van der Waals surface area contributed by atoms with Crippen LogP contribution < -0.4 is 5.32 Å². The van der Waals surface area contributed by atoms with Crippen LogP contribution in [0.1, 0.15) is 32.6 Å². The Morgan fingerprint density at radius 3 is 2.81 bits per heavy atom. The molecule has 1 saturated carbocycles. The Bertz CT molecular complexity index is 255. The third-order valence-electron chi connectivity index (χ3n) is 3.66. The van der Waals surface area contributed by atoms with Crippen molar-refractivity contribution in [3.63, 3.8) is 0 Å². The summed E-state index contributed by atoms with van der Waals surface area (Å²) in [7, 11) is 1.46. The van der Waals surface area contributed by atoms with Crippen molar-refractivity contribution in [1.82, 2.24) is 5.32 Å². The number of carbonyl (C=O) groups is 1. The van der Waals surface area contributed by atoms with Crippen LogP contribution in [0.4, 0.5) is 0 Å². The summed E-state index contributed by atoms with van der Waals surface area (Å²) < 4.78 is 10.4. The minimum atomic E-state index is -0.430. The van der Waals surface area contributed by atoms with E-state index in [1.54, 1.807) is 0 Å². The molecule has 0 aromatic heterocycles. The van der Waals surface area contributed by atoms with Gasteiger partial charge in [-0.3, -0.25) is 10.1 Å². The molecule has 1 saturated heterocycles. The average Bonchev–Trinajstić information content (AvgIpc) is 2.74. The highest BCUT2D eigenvalue weighted by molar-refractivity contribution is 5.82. The standard InChI is InChI=1S/C12H21NO3/c1-9-6-12(7-9,11(14)15-2)13-8-10-4-3-5-16-10/h9-10,13H,3-8H2,1-2H3. The Morgan fingerprint density at radius 2 is 2.31 bits per heavy atom. The topological polar surface area (TPSA) is 47.6 Å². The molecule has 4 heteroatoms. The summed E-state index contributed by atoms with van der Waals surface area (Å²) in [4.78, 5) is 11.7. The molecule has 0 aromatic carbocycles. The van der Waals surface area contributed by atoms with E-state index < -0.39 is 5.54 Å². The van der Waals surface area contributed by atoms with Gasteiger partial charge in [0, 0.05) is 13.2 Å². The van der Waals surface area contributed by atoms with Crippen molar-refractivity contribution in [1.29, 1.82) is 0 Å². The predicted octanol–water partition coefficient (Wildman–Crippen LogP) is 1.10. The molecule has 1 N–H and O–H groups in total. The van der Waals surface area contributed by atoms with Crippen LogP contribution in [-0.4, -0.2) is 37.9 Å². The summed E-state index contributed by atoms with van der Waals surface area (Å²) >= 11 is 0. The SMILES string of the molecule is COC(=O)C1(NCC2CCCO2)CC(C)C1. The predicted molar refractivity (Wildman–Crippen MR) is 60.1 cm³/mol. The van der Waals surface area contributed by atoms with E-state index in [0.717, 1.165) is 38.8 Å². The maximum absolute atomic E-state index is 11.7. The van der Waals surface area contributed by atoms with Crippen LogP contribution in [0.2, 0.25) is 0 Å². The maximum atomic E-state index is 11.7. The van der Waals surface area contributed by atoms with E-state index in [4.69, 9.17) is 9.47 Å². The van der Waals surface area contributed by atoms with Crippen LogP contribution in [-0.2, 0) is 14.3 Å². The van der Waals surface area contributed by atoms with Gasteiger partial charge in [0.25, 0.3) is 0 Å². The van der Waals surface area contributed by atoms with Gasteiger partial charge >= 0.3 is 5.97 Å². The van der Waals surface area contributed by atoms with Gasteiger partial charge in [0.2, 0.25) is 0 Å². The van der Waals surface area contributed by atoms with Gasteiger partial charge in [-0.2, -0.15) is 0 Å². The van der Waals surface area contributed by atoms with Gasteiger partial charge in [-0.05, 0) is 31.6 Å². The first-order chi connectivity index (χ1) is 7.66. The van der Waals surface area contributed by atoms with Crippen molar-refractivity contribution in [2.24, 2.45) is 5.92 Å². The van der Waals surface area contributed by atoms with Crippen LogP contribution >= 0.6 is 0 Å². The number of carbonyl (C=O) groups excluding carboxylic acids is 1. The first kappa shape index (κ1) is 11.9. The molecule has 1 heterocycles. The number of ether oxygens (including phenoxy) is 2. The molecule has 2 aliphatic rings. The van der Waals surface area contributed by atoms with E-state index >= 15 is 0 Å².